The minimum Gasteiger partial charge on any atom is -0.480 e. The van der Waals surface area contributed by atoms with E-state index in [9.17, 15) is 14.4 Å². The lowest BCUT2D eigenvalue weighted by Gasteiger charge is -2.22. The molecule has 25 heavy (non-hydrogen) atoms. The summed E-state index contributed by atoms with van der Waals surface area (Å²) in [4.78, 5) is 32.0. The topological polar surface area (TPSA) is 139 Å². The number of carbonyl (C=O) groups excluding carboxylic acids is 1. The molecule has 0 aromatic heterocycles. The number of aliphatic carboxylic acids is 2. The van der Waals surface area contributed by atoms with Crippen LogP contribution in [0.15, 0.2) is 30.3 Å². The van der Waals surface area contributed by atoms with E-state index < -0.39 is 29.7 Å². The summed E-state index contributed by atoms with van der Waals surface area (Å²) in [5, 5.41) is 19.1. The maximum absolute atomic E-state index is 11.6. The molecule has 140 valence electrons. The molecule has 0 fully saturated rings. The Balaban J connectivity index is 0.00000101. The monoisotopic (exact) mass is 354 g/mol. The number of hydrogen-bond donors (Lipinski definition) is 4. The van der Waals surface area contributed by atoms with Crippen LogP contribution in [0.5, 0.6) is 0 Å². The molecule has 0 saturated carbocycles. The molecule has 1 aromatic rings. The normalized spacial score (nSPS) is 11.5. The highest BCUT2D eigenvalue weighted by Crippen LogP contribution is 2.09. The molecule has 5 N–H and O–H groups in total. The molecule has 8 nitrogen and oxygen atoms in total. The summed E-state index contributed by atoms with van der Waals surface area (Å²) >= 11 is 0. The van der Waals surface area contributed by atoms with Crippen molar-refractivity contribution in [1.29, 1.82) is 0 Å². The number of rotatable bonds is 6. The van der Waals surface area contributed by atoms with Crippen LogP contribution < -0.4 is 11.1 Å². The SMILES string of the molecule is CC(C)(C)OC(=O)N[C@@H](CCc1ccccc1)C(=O)O.NCC(=O)O. The highest BCUT2D eigenvalue weighted by atomic mass is 16.6. The number of aryl methyl sites for hydroxylation is 1. The van der Waals surface area contributed by atoms with Crippen LogP contribution in [0.1, 0.15) is 32.8 Å². The Kier molecular flexibility index (Phi) is 9.88. The van der Waals surface area contributed by atoms with Crippen molar-refractivity contribution in [3.63, 3.8) is 0 Å². The lowest BCUT2D eigenvalue weighted by atomic mass is 10.1. The smallest absolute Gasteiger partial charge is 0.408 e. The highest BCUT2D eigenvalue weighted by Gasteiger charge is 2.23. The summed E-state index contributed by atoms with van der Waals surface area (Å²) in [6.45, 7) is 4.91. The zero-order chi connectivity index (χ0) is 19.5. The average molecular weight is 354 g/mol. The fraction of sp³-hybridized carbons (Fsp3) is 0.471. The summed E-state index contributed by atoms with van der Waals surface area (Å²) in [5.74, 6) is -2.03. The third-order valence-corrected chi connectivity index (χ3v) is 2.73. The molecule has 0 bridgehead atoms. The zero-order valence-electron chi connectivity index (χ0n) is 14.7. The third-order valence-electron chi connectivity index (χ3n) is 2.73. The Morgan fingerprint density at radius 2 is 1.68 bits per heavy atom. The molecule has 0 aliphatic rings. The maximum atomic E-state index is 11.6. The summed E-state index contributed by atoms with van der Waals surface area (Å²) in [6.07, 6.45) is 0.185. The lowest BCUT2D eigenvalue weighted by molar-refractivity contribution is -0.139. The van der Waals surface area contributed by atoms with Gasteiger partial charge in [-0.25, -0.2) is 9.59 Å². The first kappa shape index (κ1) is 22.4. The van der Waals surface area contributed by atoms with Gasteiger partial charge in [0.05, 0.1) is 6.54 Å². The van der Waals surface area contributed by atoms with Crippen LogP contribution in [0, 0.1) is 0 Å². The van der Waals surface area contributed by atoms with E-state index in [1.807, 2.05) is 30.3 Å². The third kappa shape index (κ3) is 12.5. The number of carboxylic acid groups (broad SMARTS) is 2. The van der Waals surface area contributed by atoms with Crippen LogP contribution >= 0.6 is 0 Å². The summed E-state index contributed by atoms with van der Waals surface area (Å²) in [7, 11) is 0. The van der Waals surface area contributed by atoms with Gasteiger partial charge in [0.1, 0.15) is 11.6 Å². The lowest BCUT2D eigenvalue weighted by Crippen LogP contribution is -2.43. The van der Waals surface area contributed by atoms with Crippen molar-refractivity contribution in [2.24, 2.45) is 5.73 Å². The van der Waals surface area contributed by atoms with Crippen molar-refractivity contribution >= 4 is 18.0 Å². The Bertz CT molecular complexity index is 554. The second-order valence-corrected chi connectivity index (χ2v) is 6.16. The van der Waals surface area contributed by atoms with Gasteiger partial charge in [0.2, 0.25) is 0 Å². The molecule has 0 spiro atoms. The van der Waals surface area contributed by atoms with Crippen LogP contribution in [-0.2, 0) is 20.7 Å². The summed E-state index contributed by atoms with van der Waals surface area (Å²) in [5.41, 5.74) is 4.96. The Labute approximate surface area is 147 Å². The van der Waals surface area contributed by atoms with Crippen molar-refractivity contribution in [3.05, 3.63) is 35.9 Å². The number of hydrogen-bond acceptors (Lipinski definition) is 5. The summed E-state index contributed by atoms with van der Waals surface area (Å²) in [6, 6.07) is 8.58. The average Bonchev–Trinajstić information content (AvgIpc) is 2.51. The summed E-state index contributed by atoms with van der Waals surface area (Å²) < 4.78 is 5.06. The van der Waals surface area contributed by atoms with Gasteiger partial charge in [-0.1, -0.05) is 30.3 Å². The molecule has 0 aliphatic heterocycles. The number of carbonyl (C=O) groups is 3. The van der Waals surface area contributed by atoms with E-state index in [0.29, 0.717) is 12.8 Å². The number of amides is 1. The molecule has 0 saturated heterocycles. The second kappa shape index (κ2) is 11.0. The van der Waals surface area contributed by atoms with E-state index in [0.717, 1.165) is 5.56 Å². The van der Waals surface area contributed by atoms with Gasteiger partial charge < -0.3 is 26.0 Å². The number of nitrogens with two attached hydrogens (primary N) is 1. The van der Waals surface area contributed by atoms with Crippen molar-refractivity contribution in [2.45, 2.75) is 45.3 Å². The standard InChI is InChI=1S/C15H21NO4.C2H5NO2/c1-15(2,3)20-14(19)16-12(13(17)18)10-9-11-7-5-4-6-8-11;3-1-2(4)5/h4-8,12H,9-10H2,1-3H3,(H,16,19)(H,17,18);1,3H2,(H,4,5)/t12-;/m0./s1. The van der Waals surface area contributed by atoms with E-state index >= 15 is 0 Å². The maximum Gasteiger partial charge on any atom is 0.408 e. The van der Waals surface area contributed by atoms with E-state index in [2.05, 4.69) is 11.1 Å². The van der Waals surface area contributed by atoms with Crippen LogP contribution in [0.2, 0.25) is 0 Å². The van der Waals surface area contributed by atoms with E-state index in [4.69, 9.17) is 14.9 Å². The van der Waals surface area contributed by atoms with Crippen LogP contribution in [0.25, 0.3) is 0 Å². The van der Waals surface area contributed by atoms with Gasteiger partial charge in [0, 0.05) is 0 Å². The largest absolute Gasteiger partial charge is 0.480 e. The Morgan fingerprint density at radius 1 is 1.16 bits per heavy atom. The molecular formula is C17H26N2O6. The molecule has 0 unspecified atom stereocenters. The highest BCUT2D eigenvalue weighted by molar-refractivity contribution is 5.80. The first-order chi connectivity index (χ1) is 11.5. The van der Waals surface area contributed by atoms with E-state index in [-0.39, 0.29) is 6.54 Å². The van der Waals surface area contributed by atoms with Crippen LogP contribution in [-0.4, -0.2) is 46.4 Å². The fourth-order valence-electron chi connectivity index (χ4n) is 1.66. The molecule has 1 atom stereocenters. The van der Waals surface area contributed by atoms with Gasteiger partial charge in [-0.2, -0.15) is 0 Å². The number of alkyl carbamates (subject to hydrolysis) is 1. The van der Waals surface area contributed by atoms with Crippen molar-refractivity contribution in [1.82, 2.24) is 5.32 Å². The fourth-order valence-corrected chi connectivity index (χ4v) is 1.66. The Hall–Kier alpha value is -2.61. The van der Waals surface area contributed by atoms with Crippen LogP contribution in [0.3, 0.4) is 0 Å². The van der Waals surface area contributed by atoms with Gasteiger partial charge in [0.25, 0.3) is 0 Å². The molecule has 1 aromatic carbocycles. The van der Waals surface area contributed by atoms with Gasteiger partial charge in [-0.15, -0.1) is 0 Å². The predicted octanol–water partition coefficient (Wildman–Crippen LogP) is 1.63. The van der Waals surface area contributed by atoms with Gasteiger partial charge in [-0.3, -0.25) is 4.79 Å². The molecular weight excluding hydrogens is 328 g/mol. The second-order valence-electron chi connectivity index (χ2n) is 6.16. The number of carboxylic acids is 2. The minimum absolute atomic E-state index is 0.278. The predicted molar refractivity (Wildman–Crippen MR) is 92.2 cm³/mol. The van der Waals surface area contributed by atoms with E-state index in [1.54, 1.807) is 20.8 Å². The molecule has 1 amide bonds. The van der Waals surface area contributed by atoms with Crippen molar-refractivity contribution < 1.29 is 29.3 Å². The first-order valence-corrected chi connectivity index (χ1v) is 7.73. The molecule has 0 aliphatic carbocycles. The molecule has 1 rings (SSSR count). The minimum atomic E-state index is -1.06. The van der Waals surface area contributed by atoms with Gasteiger partial charge >= 0.3 is 18.0 Å². The Morgan fingerprint density at radius 3 is 2.08 bits per heavy atom. The van der Waals surface area contributed by atoms with Crippen molar-refractivity contribution in [2.75, 3.05) is 6.54 Å². The first-order valence-electron chi connectivity index (χ1n) is 7.73. The zero-order valence-corrected chi connectivity index (χ0v) is 14.7. The number of nitrogens with one attached hydrogen (secondary N) is 1. The van der Waals surface area contributed by atoms with Gasteiger partial charge in [-0.05, 0) is 39.2 Å². The quantitative estimate of drug-likeness (QED) is 0.609. The number of benzene rings is 1. The van der Waals surface area contributed by atoms with Gasteiger partial charge in [0.15, 0.2) is 0 Å². The van der Waals surface area contributed by atoms with Crippen LogP contribution in [0.4, 0.5) is 4.79 Å². The molecule has 8 heteroatoms. The molecule has 0 radical (unpaired) electrons. The number of ether oxygens (including phenoxy) is 1. The van der Waals surface area contributed by atoms with Crippen molar-refractivity contribution in [3.8, 4) is 0 Å². The molecule has 0 heterocycles. The van der Waals surface area contributed by atoms with E-state index in [1.165, 1.54) is 0 Å².